The second kappa shape index (κ2) is 11.6. The highest BCUT2D eigenvalue weighted by atomic mass is 16.6. The Morgan fingerprint density at radius 3 is 2.45 bits per heavy atom. The first-order chi connectivity index (χ1) is 16.0. The van der Waals surface area contributed by atoms with Crippen LogP contribution in [0.2, 0.25) is 0 Å². The number of pyridine rings is 1. The number of aryl methyl sites for hydroxylation is 2. The van der Waals surface area contributed by atoms with Gasteiger partial charge in [-0.25, -0.2) is 0 Å². The third-order valence-electron chi connectivity index (χ3n) is 5.27. The summed E-state index contributed by atoms with van der Waals surface area (Å²) in [4.78, 5) is 17.2. The van der Waals surface area contributed by atoms with E-state index in [1.165, 1.54) is 0 Å². The van der Waals surface area contributed by atoms with Crippen molar-refractivity contribution in [3.05, 3.63) is 83.2 Å². The van der Waals surface area contributed by atoms with Crippen molar-refractivity contribution in [3.63, 3.8) is 0 Å². The zero-order chi connectivity index (χ0) is 23.8. The highest BCUT2D eigenvalue weighted by Gasteiger charge is 2.28. The third-order valence-corrected chi connectivity index (χ3v) is 5.27. The summed E-state index contributed by atoms with van der Waals surface area (Å²) in [6.45, 7) is 8.90. The van der Waals surface area contributed by atoms with E-state index in [0.29, 0.717) is 24.5 Å². The van der Waals surface area contributed by atoms with Crippen LogP contribution in [0.15, 0.2) is 60.8 Å². The SMILES string of the molecule is CC.Cc1ccc(-c2cc(OC3COCC3O)cc(C(=O)NCc3ccc(C)nc3)c2)cc1. The molecule has 0 radical (unpaired) electrons. The van der Waals surface area contributed by atoms with Crippen LogP contribution in [0.25, 0.3) is 11.1 Å². The van der Waals surface area contributed by atoms with Gasteiger partial charge in [-0.3, -0.25) is 9.78 Å². The van der Waals surface area contributed by atoms with Gasteiger partial charge in [-0.05, 0) is 54.8 Å². The van der Waals surface area contributed by atoms with E-state index in [2.05, 4.69) is 10.3 Å². The quantitative estimate of drug-likeness (QED) is 0.582. The van der Waals surface area contributed by atoms with Gasteiger partial charge in [0.2, 0.25) is 0 Å². The van der Waals surface area contributed by atoms with Gasteiger partial charge in [0.15, 0.2) is 0 Å². The van der Waals surface area contributed by atoms with Crippen molar-refractivity contribution in [2.75, 3.05) is 13.2 Å². The number of benzene rings is 2. The van der Waals surface area contributed by atoms with E-state index in [-0.39, 0.29) is 12.5 Å². The summed E-state index contributed by atoms with van der Waals surface area (Å²) in [5.74, 6) is 0.317. The maximum absolute atomic E-state index is 12.9. The Kier molecular flexibility index (Phi) is 8.58. The number of ether oxygens (including phenoxy) is 2. The zero-order valence-electron chi connectivity index (χ0n) is 19.7. The fraction of sp³-hybridized carbons (Fsp3) is 0.333. The number of hydrogen-bond acceptors (Lipinski definition) is 5. The van der Waals surface area contributed by atoms with E-state index in [1.54, 1.807) is 12.3 Å². The number of carbonyl (C=O) groups is 1. The average Bonchev–Trinajstić information content (AvgIpc) is 3.24. The van der Waals surface area contributed by atoms with Gasteiger partial charge in [0.25, 0.3) is 5.91 Å². The maximum atomic E-state index is 12.9. The molecule has 1 aliphatic rings. The van der Waals surface area contributed by atoms with Crippen LogP contribution in [0.4, 0.5) is 0 Å². The molecule has 4 rings (SSSR count). The summed E-state index contributed by atoms with van der Waals surface area (Å²) in [5, 5.41) is 13.0. The van der Waals surface area contributed by atoms with Crippen LogP contribution in [-0.2, 0) is 11.3 Å². The first kappa shape index (κ1) is 24.4. The number of aliphatic hydroxyl groups excluding tert-OH is 1. The lowest BCUT2D eigenvalue weighted by atomic mass is 10.0. The van der Waals surface area contributed by atoms with Crippen molar-refractivity contribution < 1.29 is 19.4 Å². The number of hydrogen-bond donors (Lipinski definition) is 2. The summed E-state index contributed by atoms with van der Waals surface area (Å²) in [5.41, 5.74) is 5.36. The van der Waals surface area contributed by atoms with Gasteiger partial charge in [-0.2, -0.15) is 0 Å². The fourth-order valence-electron chi connectivity index (χ4n) is 3.41. The monoisotopic (exact) mass is 448 g/mol. The molecule has 33 heavy (non-hydrogen) atoms. The molecular formula is C27H32N2O4. The smallest absolute Gasteiger partial charge is 0.251 e. The molecule has 2 atom stereocenters. The minimum absolute atomic E-state index is 0.206. The summed E-state index contributed by atoms with van der Waals surface area (Å²) < 4.78 is 11.3. The van der Waals surface area contributed by atoms with E-state index in [0.717, 1.165) is 27.9 Å². The van der Waals surface area contributed by atoms with E-state index < -0.39 is 12.2 Å². The van der Waals surface area contributed by atoms with Gasteiger partial charge >= 0.3 is 0 Å². The Hall–Kier alpha value is -3.22. The number of rotatable bonds is 6. The Balaban J connectivity index is 0.00000149. The summed E-state index contributed by atoms with van der Waals surface area (Å²) >= 11 is 0. The van der Waals surface area contributed by atoms with E-state index in [9.17, 15) is 9.90 Å². The lowest BCUT2D eigenvalue weighted by Crippen LogP contribution is -2.30. The molecule has 174 valence electrons. The van der Waals surface area contributed by atoms with Crippen molar-refractivity contribution in [1.82, 2.24) is 10.3 Å². The second-order valence-corrected chi connectivity index (χ2v) is 7.86. The highest BCUT2D eigenvalue weighted by Crippen LogP contribution is 2.28. The molecular weight excluding hydrogens is 416 g/mol. The van der Waals surface area contributed by atoms with Gasteiger partial charge in [0.05, 0.1) is 13.2 Å². The average molecular weight is 449 g/mol. The lowest BCUT2D eigenvalue weighted by Gasteiger charge is -2.17. The molecule has 2 N–H and O–H groups in total. The first-order valence-corrected chi connectivity index (χ1v) is 11.3. The third kappa shape index (κ3) is 6.63. The number of nitrogens with one attached hydrogen (secondary N) is 1. The first-order valence-electron chi connectivity index (χ1n) is 11.3. The molecule has 1 aromatic heterocycles. The number of nitrogens with zero attached hydrogens (tertiary/aromatic N) is 1. The van der Waals surface area contributed by atoms with Crippen molar-refractivity contribution in [2.45, 2.75) is 46.4 Å². The highest BCUT2D eigenvalue weighted by molar-refractivity contribution is 5.96. The topological polar surface area (TPSA) is 80.7 Å². The molecule has 0 spiro atoms. The Morgan fingerprint density at radius 1 is 1.06 bits per heavy atom. The Morgan fingerprint density at radius 2 is 1.82 bits per heavy atom. The van der Waals surface area contributed by atoms with Gasteiger partial charge in [-0.15, -0.1) is 0 Å². The number of aliphatic hydroxyl groups is 1. The van der Waals surface area contributed by atoms with E-state index >= 15 is 0 Å². The molecule has 2 unspecified atom stereocenters. The van der Waals surface area contributed by atoms with Crippen molar-refractivity contribution in [2.24, 2.45) is 0 Å². The Labute approximate surface area is 195 Å². The van der Waals surface area contributed by atoms with Crippen LogP contribution in [-0.4, -0.2) is 41.4 Å². The molecule has 1 fully saturated rings. The van der Waals surface area contributed by atoms with Crippen LogP contribution in [0.5, 0.6) is 5.75 Å². The van der Waals surface area contributed by atoms with Gasteiger partial charge in [0.1, 0.15) is 18.0 Å². The van der Waals surface area contributed by atoms with Crippen LogP contribution in [0, 0.1) is 13.8 Å². The minimum Gasteiger partial charge on any atom is -0.485 e. The maximum Gasteiger partial charge on any atom is 0.251 e. The minimum atomic E-state index is -0.686. The summed E-state index contributed by atoms with van der Waals surface area (Å²) in [6, 6.07) is 17.4. The molecule has 1 amide bonds. The van der Waals surface area contributed by atoms with Crippen molar-refractivity contribution in [3.8, 4) is 16.9 Å². The van der Waals surface area contributed by atoms with Crippen molar-refractivity contribution >= 4 is 5.91 Å². The molecule has 6 nitrogen and oxygen atoms in total. The zero-order valence-corrected chi connectivity index (χ0v) is 19.7. The molecule has 1 saturated heterocycles. The largest absolute Gasteiger partial charge is 0.485 e. The molecule has 0 aliphatic carbocycles. The standard InChI is InChI=1S/C25H26N2O4.C2H6/c1-16-3-7-19(8-4-16)20-9-21(11-22(10-20)31-24-15-30-14-23(24)28)25(29)27-13-18-6-5-17(2)26-12-18;1-2/h3-12,23-24,28H,13-15H2,1-2H3,(H,27,29);1-2H3. The van der Waals surface area contributed by atoms with Crippen LogP contribution < -0.4 is 10.1 Å². The van der Waals surface area contributed by atoms with Gasteiger partial charge in [-0.1, -0.05) is 49.7 Å². The number of amides is 1. The van der Waals surface area contributed by atoms with Crippen LogP contribution in [0.1, 0.15) is 41.0 Å². The Bertz CT molecular complexity index is 1050. The van der Waals surface area contributed by atoms with Crippen LogP contribution in [0.3, 0.4) is 0 Å². The summed E-state index contributed by atoms with van der Waals surface area (Å²) in [7, 11) is 0. The van der Waals surface area contributed by atoms with Gasteiger partial charge < -0.3 is 19.9 Å². The lowest BCUT2D eigenvalue weighted by molar-refractivity contribution is 0.0732. The van der Waals surface area contributed by atoms with Gasteiger partial charge in [0, 0.05) is 24.0 Å². The van der Waals surface area contributed by atoms with E-state index in [1.807, 2.05) is 76.2 Å². The molecule has 6 heteroatoms. The second-order valence-electron chi connectivity index (χ2n) is 7.86. The molecule has 2 aromatic carbocycles. The number of aromatic nitrogens is 1. The number of carbonyl (C=O) groups excluding carboxylic acids is 1. The molecule has 2 heterocycles. The molecule has 0 saturated carbocycles. The molecule has 1 aliphatic heterocycles. The van der Waals surface area contributed by atoms with Crippen LogP contribution >= 0.6 is 0 Å². The molecule has 0 bridgehead atoms. The predicted octanol–water partition coefficient (Wildman–Crippen LogP) is 4.46. The normalized spacial score (nSPS) is 17.1. The fourth-order valence-corrected chi connectivity index (χ4v) is 3.41. The molecule has 3 aromatic rings. The van der Waals surface area contributed by atoms with Crippen molar-refractivity contribution in [1.29, 1.82) is 0 Å². The van der Waals surface area contributed by atoms with E-state index in [4.69, 9.17) is 9.47 Å². The predicted molar refractivity (Wildman–Crippen MR) is 129 cm³/mol. The summed E-state index contributed by atoms with van der Waals surface area (Å²) in [6.07, 6.45) is 0.617.